The van der Waals surface area contributed by atoms with E-state index in [1.807, 2.05) is 42.5 Å². The number of fused-ring (bicyclic) bond motifs is 3. The molecule has 2 aromatic rings. The number of carbonyl (C=O) groups excluding carboxylic acids is 1. The summed E-state index contributed by atoms with van der Waals surface area (Å²) < 4.78 is 0. The van der Waals surface area contributed by atoms with Crippen molar-refractivity contribution >= 4 is 41.2 Å². The predicted molar refractivity (Wildman–Crippen MR) is 111 cm³/mol. The van der Waals surface area contributed by atoms with Crippen LogP contribution in [-0.4, -0.2) is 18.6 Å². The van der Waals surface area contributed by atoms with Gasteiger partial charge in [0.15, 0.2) is 0 Å². The van der Waals surface area contributed by atoms with E-state index in [0.29, 0.717) is 12.5 Å². The van der Waals surface area contributed by atoms with Crippen molar-refractivity contribution in [2.24, 2.45) is 10.9 Å². The van der Waals surface area contributed by atoms with E-state index in [-0.39, 0.29) is 12.1 Å². The third-order valence-corrected chi connectivity index (χ3v) is 5.27. The Morgan fingerprint density at radius 1 is 1.19 bits per heavy atom. The van der Waals surface area contributed by atoms with Crippen LogP contribution in [0.1, 0.15) is 26.3 Å². The first-order chi connectivity index (χ1) is 13.0. The molecule has 5 heteroatoms. The van der Waals surface area contributed by atoms with Gasteiger partial charge in [-0.2, -0.15) is 0 Å². The van der Waals surface area contributed by atoms with E-state index in [9.17, 15) is 4.79 Å². The molecule has 2 heterocycles. The second-order valence-electron chi connectivity index (χ2n) is 7.27. The lowest BCUT2D eigenvalue weighted by Crippen LogP contribution is -2.46. The normalized spacial score (nSPS) is 17.9. The number of carbonyl (C=O) groups is 1. The van der Waals surface area contributed by atoms with Crippen LogP contribution in [0.15, 0.2) is 47.5 Å². The zero-order valence-electron chi connectivity index (χ0n) is 15.7. The maximum atomic E-state index is 12.0. The Kier molecular flexibility index (Phi) is 4.52. The topological polar surface area (TPSA) is 35.9 Å². The molecule has 0 bridgehead atoms. The summed E-state index contributed by atoms with van der Waals surface area (Å²) in [4.78, 5) is 21.1. The Balaban J connectivity index is 1.91. The summed E-state index contributed by atoms with van der Waals surface area (Å²) in [7, 11) is 0. The lowest BCUT2D eigenvalue weighted by atomic mass is 10.0. The lowest BCUT2D eigenvalue weighted by Gasteiger charge is -2.34. The van der Waals surface area contributed by atoms with Crippen molar-refractivity contribution < 1.29 is 4.79 Å². The van der Waals surface area contributed by atoms with Crippen LogP contribution in [0, 0.1) is 5.92 Å². The highest BCUT2D eigenvalue weighted by molar-refractivity contribution is 6.30. The predicted octanol–water partition coefficient (Wildman–Crippen LogP) is 3.58. The number of rotatable bonds is 2. The maximum Gasteiger partial charge on any atom is 0.224 e. The number of anilines is 2. The first-order valence-corrected chi connectivity index (χ1v) is 9.55. The zero-order valence-corrected chi connectivity index (χ0v) is 16.4. The van der Waals surface area contributed by atoms with Crippen molar-refractivity contribution in [3.63, 3.8) is 0 Å². The molecule has 2 aliphatic rings. The molecule has 4 nitrogen and oxygen atoms in total. The lowest BCUT2D eigenvalue weighted by molar-refractivity contribution is -0.116. The summed E-state index contributed by atoms with van der Waals surface area (Å²) in [5, 5.41) is 2.73. The molecule has 1 atom stereocenters. The van der Waals surface area contributed by atoms with Gasteiger partial charge in [0, 0.05) is 41.2 Å². The zero-order chi connectivity index (χ0) is 19.1. The van der Waals surface area contributed by atoms with Crippen LogP contribution in [0.5, 0.6) is 0 Å². The molecule has 0 saturated heterocycles. The minimum Gasteiger partial charge on any atom is -0.324 e. The number of hydrogen-bond acceptors (Lipinski definition) is 3. The van der Waals surface area contributed by atoms with Gasteiger partial charge in [-0.3, -0.25) is 9.79 Å². The highest BCUT2D eigenvalue weighted by atomic mass is 35.5. The number of hydrogen-bond donors (Lipinski definition) is 0. The molecule has 0 radical (unpaired) electrons. The molecule has 2 aliphatic heterocycles. The molecule has 27 heavy (non-hydrogen) atoms. The molecular weight excluding hydrogens is 358 g/mol. The Morgan fingerprint density at radius 3 is 2.59 bits per heavy atom. The van der Waals surface area contributed by atoms with Gasteiger partial charge in [0.25, 0.3) is 0 Å². The van der Waals surface area contributed by atoms with E-state index in [2.05, 4.69) is 31.0 Å². The Hall–Kier alpha value is -2.59. The van der Waals surface area contributed by atoms with Crippen LogP contribution in [0.3, 0.4) is 0 Å². The average molecular weight is 380 g/mol. The fourth-order valence-corrected chi connectivity index (χ4v) is 3.79. The summed E-state index contributed by atoms with van der Waals surface area (Å²) in [5.41, 5.74) is 3.01. The van der Waals surface area contributed by atoms with Gasteiger partial charge in [-0.05, 0) is 42.3 Å². The van der Waals surface area contributed by atoms with Crippen molar-refractivity contribution in [1.29, 1.82) is 0 Å². The molecule has 138 valence electrons. The van der Waals surface area contributed by atoms with Crippen molar-refractivity contribution in [3.8, 4) is 0 Å². The third kappa shape index (κ3) is 3.15. The van der Waals surface area contributed by atoms with Crippen LogP contribution in [0.4, 0.5) is 11.4 Å². The molecular formula is C22H22ClN3O. The van der Waals surface area contributed by atoms with E-state index < -0.39 is 0 Å². The van der Waals surface area contributed by atoms with Gasteiger partial charge in [0.1, 0.15) is 6.17 Å². The van der Waals surface area contributed by atoms with Crippen molar-refractivity contribution in [2.45, 2.75) is 26.9 Å². The Morgan fingerprint density at radius 2 is 1.93 bits per heavy atom. The molecule has 1 unspecified atom stereocenters. The number of benzene rings is 2. The summed E-state index contributed by atoms with van der Waals surface area (Å²) >= 11 is 6.06. The summed E-state index contributed by atoms with van der Waals surface area (Å²) in [6, 6.07) is 11.9. The van der Waals surface area contributed by atoms with Crippen molar-refractivity contribution in [2.75, 3.05) is 16.3 Å². The first-order valence-electron chi connectivity index (χ1n) is 9.17. The van der Waals surface area contributed by atoms with Gasteiger partial charge in [0.2, 0.25) is 5.91 Å². The molecule has 0 aromatic heterocycles. The average Bonchev–Trinajstić information content (AvgIpc) is 2.66. The van der Waals surface area contributed by atoms with Crippen LogP contribution in [0.25, 0.3) is 12.3 Å². The fourth-order valence-electron chi connectivity index (χ4n) is 3.67. The van der Waals surface area contributed by atoms with Gasteiger partial charge in [-0.15, -0.1) is 0 Å². The summed E-state index contributed by atoms with van der Waals surface area (Å²) in [6.07, 6.45) is 6.23. The van der Waals surface area contributed by atoms with Gasteiger partial charge in [-0.1, -0.05) is 37.6 Å². The smallest absolute Gasteiger partial charge is 0.224 e. The van der Waals surface area contributed by atoms with E-state index in [1.165, 1.54) is 0 Å². The molecule has 4 rings (SSSR count). The van der Waals surface area contributed by atoms with Crippen LogP contribution >= 0.6 is 11.6 Å². The van der Waals surface area contributed by atoms with Gasteiger partial charge in [-0.25, -0.2) is 0 Å². The van der Waals surface area contributed by atoms with E-state index in [1.54, 1.807) is 11.8 Å². The quantitative estimate of drug-likeness (QED) is 0.799. The second kappa shape index (κ2) is 6.86. The SMILES string of the molecule is CC(=O)N1CC=Cc2c1ccc1c2=NC(C(C)C)N(c2ccc(Cl)cc2)C=1. The second-order valence-corrected chi connectivity index (χ2v) is 7.70. The molecule has 0 saturated carbocycles. The minimum atomic E-state index is -0.0220. The van der Waals surface area contributed by atoms with E-state index in [0.717, 1.165) is 32.5 Å². The molecule has 0 N–H and O–H groups in total. The molecule has 0 aliphatic carbocycles. The first kappa shape index (κ1) is 17.8. The Labute approximate surface area is 164 Å². The van der Waals surface area contributed by atoms with Gasteiger partial charge in [0.05, 0.1) is 11.0 Å². The number of halogens is 1. The number of nitrogens with zero attached hydrogens (tertiary/aromatic N) is 3. The van der Waals surface area contributed by atoms with Crippen LogP contribution in [-0.2, 0) is 4.79 Å². The largest absolute Gasteiger partial charge is 0.324 e. The van der Waals surface area contributed by atoms with Gasteiger partial charge >= 0.3 is 0 Å². The fraction of sp³-hybridized carbons (Fsp3) is 0.273. The molecule has 1 amide bonds. The third-order valence-electron chi connectivity index (χ3n) is 5.01. The molecule has 0 fully saturated rings. The highest BCUT2D eigenvalue weighted by Gasteiger charge is 2.25. The molecule has 2 aromatic carbocycles. The van der Waals surface area contributed by atoms with E-state index >= 15 is 0 Å². The van der Waals surface area contributed by atoms with E-state index in [4.69, 9.17) is 16.6 Å². The summed E-state index contributed by atoms with van der Waals surface area (Å²) in [6.45, 7) is 6.55. The maximum absolute atomic E-state index is 12.0. The van der Waals surface area contributed by atoms with Crippen molar-refractivity contribution in [1.82, 2.24) is 0 Å². The standard InChI is InChI=1S/C22H22ClN3O/c1-14(2)22-24-21-16(13-26(22)18-9-7-17(23)8-10-18)6-11-20-19(21)5-4-12-25(20)15(3)27/h4-11,13-14,22H,12H2,1-3H3. The van der Waals surface area contributed by atoms with Gasteiger partial charge < -0.3 is 9.80 Å². The Bertz CT molecular complexity index is 1040. The monoisotopic (exact) mass is 379 g/mol. The highest BCUT2D eigenvalue weighted by Crippen LogP contribution is 2.27. The van der Waals surface area contributed by atoms with Crippen LogP contribution in [0.2, 0.25) is 5.02 Å². The van der Waals surface area contributed by atoms with Crippen molar-refractivity contribution in [3.05, 3.63) is 63.6 Å². The number of amides is 1. The minimum absolute atomic E-state index is 0.0220. The molecule has 0 spiro atoms. The summed E-state index contributed by atoms with van der Waals surface area (Å²) in [5.74, 6) is 0.362. The van der Waals surface area contributed by atoms with Crippen LogP contribution < -0.4 is 20.4 Å².